The summed E-state index contributed by atoms with van der Waals surface area (Å²) in [4.78, 5) is 73.4. The number of hydrogen-bond acceptors (Lipinski definition) is 14. The van der Waals surface area contributed by atoms with Crippen molar-refractivity contribution in [2.45, 2.75) is 65.1 Å². The number of hydrogen-bond donors (Lipinski definition) is 2. The van der Waals surface area contributed by atoms with Gasteiger partial charge in [-0.05, 0) is 75.4 Å². The highest BCUT2D eigenvalue weighted by Crippen LogP contribution is 2.32. The molecule has 0 spiro atoms. The van der Waals surface area contributed by atoms with Gasteiger partial charge < -0.3 is 24.1 Å². The fourth-order valence-corrected chi connectivity index (χ4v) is 8.72. The summed E-state index contributed by atoms with van der Waals surface area (Å²) < 4.78 is 49.3. The van der Waals surface area contributed by atoms with Gasteiger partial charge in [0.15, 0.2) is 11.6 Å². The Morgan fingerprint density at radius 3 is 2.30 bits per heavy atom. The number of fused-ring (bicyclic) bond motifs is 2. The van der Waals surface area contributed by atoms with Crippen LogP contribution in [0.5, 0.6) is 0 Å². The smallest absolute Gasteiger partial charge is 0.262 e. The van der Waals surface area contributed by atoms with Gasteiger partial charge in [-0.15, -0.1) is 0 Å². The summed E-state index contributed by atoms with van der Waals surface area (Å²) in [6, 6.07) is 11.0. The summed E-state index contributed by atoms with van der Waals surface area (Å²) in [6.07, 6.45) is 4.21. The highest BCUT2D eigenvalue weighted by Gasteiger charge is 2.45. The number of pyridine rings is 1. The first kappa shape index (κ1) is 46.4. The number of aromatic nitrogens is 5. The molecule has 1 atom stereocenters. The molecule has 2 fully saturated rings. The molecular weight excluding hydrogens is 855 g/mol. The van der Waals surface area contributed by atoms with E-state index in [1.807, 2.05) is 43.5 Å². The van der Waals surface area contributed by atoms with E-state index in [-0.39, 0.29) is 47.2 Å². The van der Waals surface area contributed by atoms with Gasteiger partial charge in [0.25, 0.3) is 11.8 Å². The Kier molecular flexibility index (Phi) is 14.8. The Hall–Kier alpha value is -6.12. The third kappa shape index (κ3) is 10.6. The van der Waals surface area contributed by atoms with Crippen LogP contribution in [-0.2, 0) is 36.8 Å². The Labute approximate surface area is 380 Å². The molecule has 0 bridgehead atoms. The first-order valence-electron chi connectivity index (χ1n) is 22.4. The molecule has 0 aliphatic carbocycles. The fraction of sp³-hybridized carbons (Fsp3) is 0.447. The van der Waals surface area contributed by atoms with E-state index in [0.717, 1.165) is 61.5 Å². The molecule has 3 aliphatic heterocycles. The number of anilines is 2. The lowest BCUT2D eigenvalue weighted by Gasteiger charge is -2.34. The van der Waals surface area contributed by atoms with Crippen LogP contribution in [0.3, 0.4) is 0 Å². The van der Waals surface area contributed by atoms with Crippen LogP contribution in [0.15, 0.2) is 54.9 Å². The molecule has 0 radical (unpaired) electrons. The van der Waals surface area contributed by atoms with Crippen LogP contribution in [-0.4, -0.2) is 141 Å². The van der Waals surface area contributed by atoms with Crippen molar-refractivity contribution in [2.24, 2.45) is 0 Å². The number of imide groups is 2. The maximum Gasteiger partial charge on any atom is 0.262 e. The maximum atomic E-state index is 15.1. The van der Waals surface area contributed by atoms with E-state index in [9.17, 15) is 19.2 Å². The lowest BCUT2D eigenvalue weighted by Crippen LogP contribution is -2.54. The number of carbonyl (C=O) groups excluding carboxylic acids is 4. The molecule has 0 saturated carbocycles. The van der Waals surface area contributed by atoms with E-state index >= 15 is 8.78 Å². The molecule has 2 N–H and O–H groups in total. The zero-order valence-corrected chi connectivity index (χ0v) is 37.4. The predicted octanol–water partition coefficient (Wildman–Crippen LogP) is 5.00. The van der Waals surface area contributed by atoms with Crippen molar-refractivity contribution in [1.82, 2.24) is 44.5 Å². The largest absolute Gasteiger partial charge is 0.379 e. The zero-order chi connectivity index (χ0) is 46.3. The molecule has 2 aromatic carbocycles. The van der Waals surface area contributed by atoms with Gasteiger partial charge in [-0.3, -0.25) is 39.2 Å². The summed E-state index contributed by atoms with van der Waals surface area (Å²) in [5.41, 5.74) is 3.45. The SMILES string of the molecule is Cc1nc2c(F)cc(-c3nc(Nc4ccc(CN5CCN(CCOCCOCCOCCCc6cccc7c6C(=O)N(C6CCC(=O)NC6=O)C7=O)CC5)cn4)ncc3F)cc2n1C(C)C. The van der Waals surface area contributed by atoms with E-state index in [4.69, 9.17) is 14.2 Å². The van der Waals surface area contributed by atoms with Crippen molar-refractivity contribution < 1.29 is 42.2 Å². The molecule has 5 aromatic rings. The third-order valence-corrected chi connectivity index (χ3v) is 12.0. The zero-order valence-electron chi connectivity index (χ0n) is 37.4. The number of imidazole rings is 1. The van der Waals surface area contributed by atoms with Crippen LogP contribution in [0.2, 0.25) is 0 Å². The quantitative estimate of drug-likeness (QED) is 0.0785. The van der Waals surface area contributed by atoms with Gasteiger partial charge >= 0.3 is 0 Å². The normalized spacial score (nSPS) is 17.1. The molecule has 6 heterocycles. The first-order valence-corrected chi connectivity index (χ1v) is 22.4. The van der Waals surface area contributed by atoms with Crippen molar-refractivity contribution in [2.75, 3.05) is 77.7 Å². The van der Waals surface area contributed by atoms with Gasteiger partial charge in [-0.1, -0.05) is 18.2 Å². The van der Waals surface area contributed by atoms with E-state index < -0.39 is 41.3 Å². The van der Waals surface area contributed by atoms with E-state index in [1.54, 1.807) is 24.4 Å². The number of piperazine rings is 1. The number of amides is 4. The average molecular weight is 909 g/mol. The number of nitrogens with zero attached hydrogens (tertiary/aromatic N) is 8. The third-order valence-electron chi connectivity index (χ3n) is 12.0. The van der Waals surface area contributed by atoms with E-state index in [2.05, 4.69) is 40.4 Å². The van der Waals surface area contributed by atoms with Crippen LogP contribution in [0, 0.1) is 18.6 Å². The molecule has 1 unspecified atom stereocenters. The average Bonchev–Trinajstić information content (AvgIpc) is 3.78. The monoisotopic (exact) mass is 908 g/mol. The number of carbonyl (C=O) groups is 4. The maximum absolute atomic E-state index is 15.1. The van der Waals surface area contributed by atoms with Gasteiger partial charge in [-0.25, -0.2) is 28.7 Å². The summed E-state index contributed by atoms with van der Waals surface area (Å²) in [5.74, 6) is -1.95. The van der Waals surface area contributed by atoms with Crippen LogP contribution in [0.25, 0.3) is 22.3 Å². The highest BCUT2D eigenvalue weighted by atomic mass is 19.1. The van der Waals surface area contributed by atoms with Crippen LogP contribution in [0.1, 0.15) is 76.8 Å². The van der Waals surface area contributed by atoms with Crippen molar-refractivity contribution >= 4 is 46.4 Å². The summed E-state index contributed by atoms with van der Waals surface area (Å²) in [6.45, 7) is 13.9. The fourth-order valence-electron chi connectivity index (χ4n) is 8.72. The van der Waals surface area contributed by atoms with E-state index in [0.29, 0.717) is 75.2 Å². The summed E-state index contributed by atoms with van der Waals surface area (Å²) in [5, 5.41) is 5.27. The molecule has 2 saturated heterocycles. The number of rotatable bonds is 20. The second kappa shape index (κ2) is 21.0. The van der Waals surface area contributed by atoms with Gasteiger partial charge in [0.2, 0.25) is 17.8 Å². The van der Waals surface area contributed by atoms with Crippen molar-refractivity contribution in [3.05, 3.63) is 94.6 Å². The molecule has 4 amide bonds. The lowest BCUT2D eigenvalue weighted by molar-refractivity contribution is -0.136. The standard InChI is InChI=1S/C47H54F2N10O7/c1-29(2)58-30(3)52-43-35(48)24-33(25-38(43)58)42-36(49)27-51-47(55-42)53-39-11-9-31(26-50-39)28-57-15-13-56(14-16-57)17-19-65-21-23-66-22-20-64-18-5-7-32-6-4-8-34-41(32)46(63)59(45(34)62)37-10-12-40(60)54-44(37)61/h4,6,8-9,11,24-27,29,37H,5,7,10,12-23,28H2,1-3H3,(H,54,60,61)(H,50,51,53,55). The minimum absolute atomic E-state index is 0.0254. The van der Waals surface area contributed by atoms with E-state index in [1.165, 1.54) is 6.07 Å². The number of halogens is 2. The minimum atomic E-state index is -0.992. The van der Waals surface area contributed by atoms with Gasteiger partial charge in [-0.2, -0.15) is 0 Å². The minimum Gasteiger partial charge on any atom is -0.379 e. The number of piperidine rings is 1. The predicted molar refractivity (Wildman–Crippen MR) is 239 cm³/mol. The van der Waals surface area contributed by atoms with Gasteiger partial charge in [0.1, 0.15) is 28.9 Å². The molecule has 19 heteroatoms. The van der Waals surface area contributed by atoms with Crippen molar-refractivity contribution in [3.8, 4) is 11.3 Å². The van der Waals surface area contributed by atoms with Crippen LogP contribution in [0.4, 0.5) is 20.5 Å². The molecule has 3 aliphatic rings. The Balaban J connectivity index is 0.677. The molecule has 17 nitrogen and oxygen atoms in total. The Morgan fingerprint density at radius 1 is 0.833 bits per heavy atom. The topological polar surface area (TPSA) is 186 Å². The molecule has 3 aromatic heterocycles. The highest BCUT2D eigenvalue weighted by molar-refractivity contribution is 6.24. The Morgan fingerprint density at radius 2 is 1.58 bits per heavy atom. The van der Waals surface area contributed by atoms with Gasteiger partial charge in [0, 0.05) is 70.1 Å². The second-order valence-electron chi connectivity index (χ2n) is 16.9. The lowest BCUT2D eigenvalue weighted by atomic mass is 9.99. The number of nitrogens with one attached hydrogen (secondary N) is 2. The van der Waals surface area contributed by atoms with Crippen molar-refractivity contribution in [1.29, 1.82) is 0 Å². The Bertz CT molecular complexity index is 2580. The number of aryl methyl sites for hydroxylation is 2. The van der Waals surface area contributed by atoms with Crippen LogP contribution >= 0.6 is 0 Å². The second-order valence-corrected chi connectivity index (χ2v) is 16.9. The van der Waals surface area contributed by atoms with Crippen molar-refractivity contribution in [3.63, 3.8) is 0 Å². The number of ether oxygens (including phenoxy) is 3. The number of benzene rings is 2. The first-order chi connectivity index (χ1) is 31.9. The molecule has 348 valence electrons. The molecular formula is C47H54F2N10O7. The molecule has 66 heavy (non-hydrogen) atoms. The summed E-state index contributed by atoms with van der Waals surface area (Å²) >= 11 is 0. The van der Waals surface area contributed by atoms with Gasteiger partial charge in [0.05, 0.1) is 55.9 Å². The summed E-state index contributed by atoms with van der Waals surface area (Å²) in [7, 11) is 0. The van der Waals surface area contributed by atoms with Crippen LogP contribution < -0.4 is 10.6 Å². The molecule has 8 rings (SSSR count).